The van der Waals surface area contributed by atoms with Crippen molar-refractivity contribution in [3.8, 4) is 44.8 Å². The minimum absolute atomic E-state index is 0.882. The molecule has 0 aliphatic heterocycles. The van der Waals surface area contributed by atoms with Gasteiger partial charge in [-0.25, -0.2) is 0 Å². The summed E-state index contributed by atoms with van der Waals surface area (Å²) in [5.74, 6) is 0. The molecule has 0 saturated heterocycles. The van der Waals surface area contributed by atoms with Gasteiger partial charge in [0.2, 0.25) is 0 Å². The second kappa shape index (κ2) is 12.5. The number of hydrogen-bond donors (Lipinski definition) is 0. The van der Waals surface area contributed by atoms with Crippen LogP contribution in [0.25, 0.3) is 110 Å². The average Bonchev–Trinajstić information content (AvgIpc) is 3.95. The summed E-state index contributed by atoms with van der Waals surface area (Å²) in [6, 6.07) is 74.2. The molecule has 0 radical (unpaired) electrons. The Labute approximate surface area is 328 Å². The Balaban J connectivity index is 1.15. The van der Waals surface area contributed by atoms with Crippen molar-refractivity contribution >= 4 is 65.6 Å². The Bertz CT molecular complexity index is 3510. The molecule has 0 aliphatic rings. The molecular formula is C54H34N2O. The van der Waals surface area contributed by atoms with Gasteiger partial charge >= 0.3 is 0 Å². The lowest BCUT2D eigenvalue weighted by molar-refractivity contribution is 0.666. The maximum atomic E-state index is 6.85. The summed E-state index contributed by atoms with van der Waals surface area (Å²) in [6.07, 6.45) is 0. The van der Waals surface area contributed by atoms with E-state index in [0.29, 0.717) is 0 Å². The van der Waals surface area contributed by atoms with Gasteiger partial charge in [0.05, 0.1) is 33.4 Å². The fourth-order valence-corrected chi connectivity index (χ4v) is 9.39. The molecule has 0 saturated carbocycles. The minimum Gasteiger partial charge on any atom is -0.454 e. The van der Waals surface area contributed by atoms with E-state index in [1.807, 2.05) is 0 Å². The van der Waals surface area contributed by atoms with E-state index in [-0.39, 0.29) is 0 Å². The first-order valence-electron chi connectivity index (χ1n) is 19.5. The number of hydrogen-bond acceptors (Lipinski definition) is 1. The van der Waals surface area contributed by atoms with E-state index in [0.717, 1.165) is 49.9 Å². The van der Waals surface area contributed by atoms with Crippen molar-refractivity contribution in [1.82, 2.24) is 9.13 Å². The van der Waals surface area contributed by atoms with Crippen LogP contribution in [0.1, 0.15) is 0 Å². The quantitative estimate of drug-likeness (QED) is 0.173. The molecule has 0 N–H and O–H groups in total. The van der Waals surface area contributed by atoms with Crippen LogP contribution in [0.3, 0.4) is 0 Å². The molecule has 12 aromatic rings. The zero-order chi connectivity index (χ0) is 37.5. The van der Waals surface area contributed by atoms with Crippen LogP contribution in [-0.4, -0.2) is 9.13 Å². The number of para-hydroxylation sites is 4. The van der Waals surface area contributed by atoms with Crippen molar-refractivity contribution in [2.75, 3.05) is 0 Å². The van der Waals surface area contributed by atoms with Crippen LogP contribution in [0.4, 0.5) is 0 Å². The van der Waals surface area contributed by atoms with E-state index < -0.39 is 0 Å². The van der Waals surface area contributed by atoms with Gasteiger partial charge in [-0.05, 0) is 70.3 Å². The molecule has 3 heteroatoms. The first-order valence-corrected chi connectivity index (χ1v) is 19.5. The van der Waals surface area contributed by atoms with Crippen LogP contribution in [0.2, 0.25) is 0 Å². The van der Waals surface area contributed by atoms with Gasteiger partial charge in [0.25, 0.3) is 0 Å². The maximum absolute atomic E-state index is 6.85. The number of furan rings is 1. The lowest BCUT2D eigenvalue weighted by atomic mass is 9.95. The topological polar surface area (TPSA) is 23.0 Å². The van der Waals surface area contributed by atoms with E-state index in [2.05, 4.69) is 215 Å². The molecule has 0 atom stereocenters. The van der Waals surface area contributed by atoms with Crippen molar-refractivity contribution in [3.05, 3.63) is 206 Å². The summed E-state index contributed by atoms with van der Waals surface area (Å²) < 4.78 is 11.7. The van der Waals surface area contributed by atoms with E-state index in [1.54, 1.807) is 0 Å². The van der Waals surface area contributed by atoms with E-state index in [4.69, 9.17) is 4.42 Å². The standard InChI is InChI=1S/C54H34N2O/c1-3-17-35(18-4-1)37-21-7-11-27-44(37)55-45-28-12-8-22-41(45)51-39(25-15-30-47(51)55)40-26-16-31-48-52(40)42-23-9-13-29-46(42)56(48)49-34-33-38(36-19-5-2-6-20-36)53-43-24-10-14-32-50(43)57-54(49)53/h1-34H. The average molecular weight is 727 g/mol. The molecular weight excluding hydrogens is 693 g/mol. The number of benzene rings is 9. The number of fused-ring (bicyclic) bond motifs is 9. The molecule has 0 spiro atoms. The lowest BCUT2D eigenvalue weighted by Crippen LogP contribution is -1.97. The molecule has 0 aliphatic carbocycles. The summed E-state index contributed by atoms with van der Waals surface area (Å²) in [5, 5.41) is 7.14. The third-order valence-electron chi connectivity index (χ3n) is 11.7. The lowest BCUT2D eigenvalue weighted by Gasteiger charge is -2.14. The number of rotatable bonds is 5. The molecule has 0 amide bonds. The van der Waals surface area contributed by atoms with Gasteiger partial charge < -0.3 is 13.6 Å². The van der Waals surface area contributed by atoms with Crippen LogP contribution >= 0.6 is 0 Å². The van der Waals surface area contributed by atoms with Gasteiger partial charge in [0, 0.05) is 37.9 Å². The van der Waals surface area contributed by atoms with Crippen molar-refractivity contribution in [3.63, 3.8) is 0 Å². The smallest absolute Gasteiger partial charge is 0.160 e. The fraction of sp³-hybridized carbons (Fsp3) is 0. The Morgan fingerprint density at radius 3 is 1.40 bits per heavy atom. The van der Waals surface area contributed by atoms with Crippen molar-refractivity contribution < 1.29 is 4.42 Å². The van der Waals surface area contributed by atoms with Crippen molar-refractivity contribution in [1.29, 1.82) is 0 Å². The van der Waals surface area contributed by atoms with Crippen LogP contribution in [0, 0.1) is 0 Å². The number of nitrogens with zero attached hydrogens (tertiary/aromatic N) is 2. The van der Waals surface area contributed by atoms with Gasteiger partial charge in [0.1, 0.15) is 5.58 Å². The van der Waals surface area contributed by atoms with Gasteiger partial charge in [0.15, 0.2) is 5.58 Å². The highest BCUT2D eigenvalue weighted by molar-refractivity contribution is 6.23. The summed E-state index contributed by atoms with van der Waals surface area (Å²) in [4.78, 5) is 0. The Hall–Kier alpha value is -7.62. The highest BCUT2D eigenvalue weighted by Crippen LogP contribution is 2.46. The first-order chi connectivity index (χ1) is 28.3. The molecule has 3 heterocycles. The maximum Gasteiger partial charge on any atom is 0.160 e. The first kappa shape index (κ1) is 31.7. The Morgan fingerprint density at radius 1 is 0.281 bits per heavy atom. The summed E-state index contributed by atoms with van der Waals surface area (Å²) in [6.45, 7) is 0. The normalized spacial score (nSPS) is 11.9. The number of aromatic nitrogens is 2. The van der Waals surface area contributed by atoms with Gasteiger partial charge in [-0.3, -0.25) is 0 Å². The predicted molar refractivity (Wildman–Crippen MR) is 239 cm³/mol. The largest absolute Gasteiger partial charge is 0.454 e. The second-order valence-corrected chi connectivity index (χ2v) is 14.8. The minimum atomic E-state index is 0.882. The van der Waals surface area contributed by atoms with E-state index >= 15 is 0 Å². The molecule has 266 valence electrons. The molecule has 12 rings (SSSR count). The van der Waals surface area contributed by atoms with Gasteiger partial charge in [-0.2, -0.15) is 0 Å². The van der Waals surface area contributed by atoms with Gasteiger partial charge in [-0.1, -0.05) is 164 Å². The Kier molecular flexibility index (Phi) is 6.93. The van der Waals surface area contributed by atoms with Crippen LogP contribution < -0.4 is 0 Å². The zero-order valence-electron chi connectivity index (χ0n) is 30.9. The molecule has 0 bridgehead atoms. The molecule has 0 fully saturated rings. The third kappa shape index (κ3) is 4.66. The highest BCUT2D eigenvalue weighted by atomic mass is 16.3. The molecule has 0 unspecified atom stereocenters. The molecule has 3 nitrogen and oxygen atoms in total. The van der Waals surface area contributed by atoms with E-state index in [1.165, 1.54) is 60.4 Å². The summed E-state index contributed by atoms with van der Waals surface area (Å²) in [7, 11) is 0. The monoisotopic (exact) mass is 726 g/mol. The fourth-order valence-electron chi connectivity index (χ4n) is 9.39. The van der Waals surface area contributed by atoms with Crippen LogP contribution in [0.5, 0.6) is 0 Å². The second-order valence-electron chi connectivity index (χ2n) is 14.8. The van der Waals surface area contributed by atoms with E-state index in [9.17, 15) is 0 Å². The predicted octanol–water partition coefficient (Wildman–Crippen LogP) is 14.8. The Morgan fingerprint density at radius 2 is 0.754 bits per heavy atom. The van der Waals surface area contributed by atoms with Crippen LogP contribution in [0.15, 0.2) is 211 Å². The molecule has 9 aromatic carbocycles. The molecule has 3 aromatic heterocycles. The third-order valence-corrected chi connectivity index (χ3v) is 11.7. The van der Waals surface area contributed by atoms with Crippen LogP contribution in [-0.2, 0) is 0 Å². The molecule has 57 heavy (non-hydrogen) atoms. The van der Waals surface area contributed by atoms with Gasteiger partial charge in [-0.15, -0.1) is 0 Å². The zero-order valence-corrected chi connectivity index (χ0v) is 30.9. The summed E-state index contributed by atoms with van der Waals surface area (Å²) >= 11 is 0. The summed E-state index contributed by atoms with van der Waals surface area (Å²) in [5.41, 5.74) is 15.7. The SMILES string of the molecule is c1ccc(-c2ccccc2-n2c3ccccc3c3c(-c4cccc5c4c4ccccc4n5-c4ccc(-c5ccccc5)c5c4oc4ccccc45)cccc32)cc1. The van der Waals surface area contributed by atoms with Crippen molar-refractivity contribution in [2.45, 2.75) is 0 Å². The highest BCUT2D eigenvalue weighted by Gasteiger charge is 2.24. The van der Waals surface area contributed by atoms with Crippen molar-refractivity contribution in [2.24, 2.45) is 0 Å².